The third kappa shape index (κ3) is 4.41. The summed E-state index contributed by atoms with van der Waals surface area (Å²) in [5.74, 6) is 0.935. The van der Waals surface area contributed by atoms with Crippen LogP contribution in [-0.2, 0) is 0 Å². The van der Waals surface area contributed by atoms with Gasteiger partial charge < -0.3 is 15.3 Å². The normalized spacial score (nSPS) is 33.4. The zero-order chi connectivity index (χ0) is 15.2. The second-order valence-electron chi connectivity index (χ2n) is 6.70. The van der Waals surface area contributed by atoms with Gasteiger partial charge in [0.25, 0.3) is 0 Å². The van der Waals surface area contributed by atoms with Gasteiger partial charge in [0, 0.05) is 5.92 Å². The van der Waals surface area contributed by atoms with Crippen LogP contribution in [0.15, 0.2) is 23.8 Å². The fourth-order valence-corrected chi connectivity index (χ4v) is 3.86. The van der Waals surface area contributed by atoms with E-state index in [9.17, 15) is 15.3 Å². The Morgan fingerprint density at radius 1 is 1.33 bits per heavy atom. The molecule has 5 atom stereocenters. The van der Waals surface area contributed by atoms with Crippen LogP contribution in [0.5, 0.6) is 0 Å². The van der Waals surface area contributed by atoms with E-state index in [1.807, 2.05) is 12.2 Å². The lowest BCUT2D eigenvalue weighted by molar-refractivity contribution is 0.139. The predicted molar refractivity (Wildman–Crippen MR) is 84.8 cm³/mol. The molecule has 3 heteroatoms. The Bertz CT molecular complexity index is 375. The molecule has 0 aliphatic heterocycles. The van der Waals surface area contributed by atoms with Crippen molar-refractivity contribution < 1.29 is 15.3 Å². The van der Waals surface area contributed by atoms with E-state index in [1.165, 1.54) is 19.3 Å². The minimum absolute atomic E-state index is 0.126. The van der Waals surface area contributed by atoms with Crippen LogP contribution in [-0.4, -0.2) is 34.1 Å². The third-order valence-corrected chi connectivity index (χ3v) is 5.06. The molecule has 0 heterocycles. The summed E-state index contributed by atoms with van der Waals surface area (Å²) in [7, 11) is 0. The second kappa shape index (κ2) is 8.11. The number of aliphatic hydroxyl groups is 3. The molecule has 0 radical (unpaired) electrons. The lowest BCUT2D eigenvalue weighted by Crippen LogP contribution is -2.18. The van der Waals surface area contributed by atoms with Crippen LogP contribution >= 0.6 is 0 Å². The molecule has 2 aliphatic carbocycles. The van der Waals surface area contributed by atoms with Crippen molar-refractivity contribution in [2.24, 2.45) is 17.8 Å². The van der Waals surface area contributed by atoms with Crippen molar-refractivity contribution in [3.05, 3.63) is 23.8 Å². The third-order valence-electron chi connectivity index (χ3n) is 5.06. The van der Waals surface area contributed by atoms with Crippen LogP contribution < -0.4 is 0 Å². The maximum atomic E-state index is 10.2. The van der Waals surface area contributed by atoms with Gasteiger partial charge in [-0.1, -0.05) is 50.8 Å². The SMILES string of the molecule is CCCCCC[C@H](O)/C=C/[C@@H]1[C@H]2CC(CO)=C[C@H]2C[C@H]1O. The summed E-state index contributed by atoms with van der Waals surface area (Å²) in [6.07, 6.45) is 12.5. The largest absolute Gasteiger partial charge is 0.392 e. The summed E-state index contributed by atoms with van der Waals surface area (Å²) in [6.45, 7) is 2.32. The van der Waals surface area contributed by atoms with Gasteiger partial charge in [0.2, 0.25) is 0 Å². The molecule has 0 aromatic rings. The zero-order valence-electron chi connectivity index (χ0n) is 13.1. The molecule has 0 aromatic heterocycles. The van der Waals surface area contributed by atoms with Crippen LogP contribution in [0.2, 0.25) is 0 Å². The van der Waals surface area contributed by atoms with Crippen LogP contribution in [0.4, 0.5) is 0 Å². The van der Waals surface area contributed by atoms with E-state index in [0.29, 0.717) is 11.8 Å². The van der Waals surface area contributed by atoms with Crippen molar-refractivity contribution in [3.63, 3.8) is 0 Å². The zero-order valence-corrected chi connectivity index (χ0v) is 13.1. The fraction of sp³-hybridized carbons (Fsp3) is 0.778. The standard InChI is InChI=1S/C18H30O3/c1-2-3-4-5-6-15(20)7-8-16-17-10-13(12-19)9-14(17)11-18(16)21/h7-9,14-21H,2-6,10-12H2,1H3/b8-7+/t14-,15-,16+,17-,18+/m0/s1. The van der Waals surface area contributed by atoms with Crippen LogP contribution in [0.1, 0.15) is 51.9 Å². The van der Waals surface area contributed by atoms with Crippen molar-refractivity contribution >= 4 is 0 Å². The van der Waals surface area contributed by atoms with Crippen molar-refractivity contribution in [2.75, 3.05) is 6.61 Å². The van der Waals surface area contributed by atoms with Crippen LogP contribution in [0.25, 0.3) is 0 Å². The molecule has 3 nitrogen and oxygen atoms in total. The van der Waals surface area contributed by atoms with E-state index in [2.05, 4.69) is 13.0 Å². The van der Waals surface area contributed by atoms with E-state index in [-0.39, 0.29) is 24.7 Å². The highest BCUT2D eigenvalue weighted by molar-refractivity contribution is 5.21. The molecule has 1 saturated carbocycles. The number of hydrogen-bond acceptors (Lipinski definition) is 3. The van der Waals surface area contributed by atoms with E-state index in [1.54, 1.807) is 0 Å². The summed E-state index contributed by atoms with van der Waals surface area (Å²) in [4.78, 5) is 0. The highest BCUT2D eigenvalue weighted by Crippen LogP contribution is 2.47. The summed E-state index contributed by atoms with van der Waals surface area (Å²) in [5, 5.41) is 29.4. The molecule has 120 valence electrons. The van der Waals surface area contributed by atoms with Gasteiger partial charge in [-0.25, -0.2) is 0 Å². The summed E-state index contributed by atoms with van der Waals surface area (Å²) < 4.78 is 0. The average molecular weight is 294 g/mol. The number of allylic oxidation sites excluding steroid dienone is 1. The number of rotatable bonds is 8. The van der Waals surface area contributed by atoms with Crippen molar-refractivity contribution in [1.29, 1.82) is 0 Å². The van der Waals surface area contributed by atoms with E-state index >= 15 is 0 Å². The lowest BCUT2D eigenvalue weighted by atomic mass is 9.89. The molecule has 1 fully saturated rings. The number of hydrogen-bond donors (Lipinski definition) is 3. The van der Waals surface area contributed by atoms with E-state index in [4.69, 9.17) is 0 Å². The van der Waals surface area contributed by atoms with Crippen molar-refractivity contribution in [2.45, 2.75) is 64.1 Å². The predicted octanol–water partition coefficient (Wildman–Crippen LogP) is 2.81. The first-order valence-electron chi connectivity index (χ1n) is 8.50. The quantitative estimate of drug-likeness (QED) is 0.476. The minimum Gasteiger partial charge on any atom is -0.392 e. The van der Waals surface area contributed by atoms with Crippen molar-refractivity contribution in [3.8, 4) is 0 Å². The Kier molecular flexibility index (Phi) is 6.46. The molecule has 2 aliphatic rings. The Morgan fingerprint density at radius 3 is 2.86 bits per heavy atom. The first kappa shape index (κ1) is 16.7. The fourth-order valence-electron chi connectivity index (χ4n) is 3.86. The topological polar surface area (TPSA) is 60.7 Å². The van der Waals surface area contributed by atoms with Gasteiger partial charge in [0.15, 0.2) is 0 Å². The summed E-state index contributed by atoms with van der Waals surface area (Å²) in [6, 6.07) is 0. The highest BCUT2D eigenvalue weighted by Gasteiger charge is 2.43. The molecule has 0 spiro atoms. The maximum absolute atomic E-state index is 10.2. The number of fused-ring (bicyclic) bond motifs is 1. The highest BCUT2D eigenvalue weighted by atomic mass is 16.3. The van der Waals surface area contributed by atoms with Gasteiger partial charge in [0.1, 0.15) is 0 Å². The maximum Gasteiger partial charge on any atom is 0.0721 e. The molecule has 0 unspecified atom stereocenters. The second-order valence-corrected chi connectivity index (χ2v) is 6.70. The molecular formula is C18H30O3. The Morgan fingerprint density at radius 2 is 2.14 bits per heavy atom. The first-order valence-corrected chi connectivity index (χ1v) is 8.50. The molecule has 0 amide bonds. The molecule has 0 saturated heterocycles. The van der Waals surface area contributed by atoms with Gasteiger partial charge in [0.05, 0.1) is 18.8 Å². The smallest absolute Gasteiger partial charge is 0.0721 e. The Labute approximate surface area is 128 Å². The van der Waals surface area contributed by atoms with Crippen molar-refractivity contribution in [1.82, 2.24) is 0 Å². The molecule has 21 heavy (non-hydrogen) atoms. The monoisotopic (exact) mass is 294 g/mol. The van der Waals surface area contributed by atoms with E-state index < -0.39 is 0 Å². The number of unbranched alkanes of at least 4 members (excludes halogenated alkanes) is 3. The molecular weight excluding hydrogens is 264 g/mol. The number of aliphatic hydroxyl groups excluding tert-OH is 3. The van der Waals surface area contributed by atoms with Crippen LogP contribution in [0.3, 0.4) is 0 Å². The van der Waals surface area contributed by atoms with Gasteiger partial charge in [-0.05, 0) is 36.7 Å². The van der Waals surface area contributed by atoms with Gasteiger partial charge in [-0.3, -0.25) is 0 Å². The van der Waals surface area contributed by atoms with Crippen LogP contribution in [0, 0.1) is 17.8 Å². The molecule has 2 rings (SSSR count). The van der Waals surface area contributed by atoms with E-state index in [0.717, 1.165) is 31.3 Å². The Balaban J connectivity index is 1.80. The van der Waals surface area contributed by atoms with Gasteiger partial charge >= 0.3 is 0 Å². The molecule has 3 N–H and O–H groups in total. The first-order chi connectivity index (χ1) is 10.2. The molecule has 0 bridgehead atoms. The van der Waals surface area contributed by atoms with Gasteiger partial charge in [-0.15, -0.1) is 0 Å². The molecule has 0 aromatic carbocycles. The summed E-state index contributed by atoms with van der Waals surface area (Å²) in [5.41, 5.74) is 1.11. The lowest BCUT2D eigenvalue weighted by Gasteiger charge is -2.18. The Hall–Kier alpha value is -0.640. The van der Waals surface area contributed by atoms with Gasteiger partial charge in [-0.2, -0.15) is 0 Å². The summed E-state index contributed by atoms with van der Waals surface area (Å²) >= 11 is 0. The minimum atomic E-state index is -0.389. The average Bonchev–Trinajstić information content (AvgIpc) is 2.98.